The maximum atomic E-state index is 12.6. The lowest BCUT2D eigenvalue weighted by atomic mass is 10.2. The molecule has 1 aromatic heterocycles. The van der Waals surface area contributed by atoms with Crippen LogP contribution in [0.1, 0.15) is 13.3 Å². The van der Waals surface area contributed by atoms with Crippen molar-refractivity contribution in [1.29, 1.82) is 0 Å². The van der Waals surface area contributed by atoms with E-state index >= 15 is 0 Å². The number of carbonyl (C=O) groups is 2. The van der Waals surface area contributed by atoms with Crippen LogP contribution in [0.3, 0.4) is 0 Å². The van der Waals surface area contributed by atoms with Gasteiger partial charge < -0.3 is 5.32 Å². The minimum atomic E-state index is -0.633. The number of nitrogens with one attached hydrogen (secondary N) is 1. The van der Waals surface area contributed by atoms with Gasteiger partial charge in [0, 0.05) is 30.6 Å². The minimum Gasteiger partial charge on any atom is -0.320 e. The molecule has 0 saturated carbocycles. The second-order valence-electron chi connectivity index (χ2n) is 5.42. The van der Waals surface area contributed by atoms with Gasteiger partial charge in [0.05, 0.1) is 4.92 Å². The van der Waals surface area contributed by atoms with Crippen LogP contribution in [0.5, 0.6) is 0 Å². The number of nitro groups is 1. The molecule has 1 atom stereocenters. The maximum absolute atomic E-state index is 12.6. The first-order valence-corrected chi connectivity index (χ1v) is 9.75. The summed E-state index contributed by atoms with van der Waals surface area (Å²) in [6.07, 6.45) is 1.52. The lowest BCUT2D eigenvalue weighted by Crippen LogP contribution is -2.33. The topological polar surface area (TPSA) is 118 Å². The minimum absolute atomic E-state index is 0.104. The van der Waals surface area contributed by atoms with Gasteiger partial charge in [0.15, 0.2) is 5.17 Å². The number of para-hydroxylation sites is 2. The van der Waals surface area contributed by atoms with Gasteiger partial charge in [0.2, 0.25) is 16.9 Å². The van der Waals surface area contributed by atoms with Gasteiger partial charge >= 0.3 is 0 Å². The molecule has 0 aliphatic carbocycles. The van der Waals surface area contributed by atoms with Crippen molar-refractivity contribution in [3.63, 3.8) is 0 Å². The van der Waals surface area contributed by atoms with Gasteiger partial charge in [-0.15, -0.1) is 11.3 Å². The molecule has 0 spiro atoms. The molecular formula is C16H15N5O4S2. The summed E-state index contributed by atoms with van der Waals surface area (Å²) in [4.78, 5) is 45.3. The molecule has 3 rings (SSSR count). The van der Waals surface area contributed by atoms with E-state index in [1.807, 2.05) is 6.92 Å². The van der Waals surface area contributed by atoms with Crippen LogP contribution in [0.2, 0.25) is 0 Å². The summed E-state index contributed by atoms with van der Waals surface area (Å²) < 4.78 is 0. The molecule has 1 fully saturated rings. The fraction of sp³-hybridized carbons (Fsp3) is 0.250. The van der Waals surface area contributed by atoms with E-state index < -0.39 is 16.1 Å². The van der Waals surface area contributed by atoms with Crippen molar-refractivity contribution in [3.05, 3.63) is 46.0 Å². The first-order valence-electron chi connectivity index (χ1n) is 7.99. The molecule has 27 heavy (non-hydrogen) atoms. The predicted octanol–water partition coefficient (Wildman–Crippen LogP) is 3.03. The summed E-state index contributed by atoms with van der Waals surface area (Å²) in [7, 11) is 0. The van der Waals surface area contributed by atoms with E-state index in [0.29, 0.717) is 16.8 Å². The molecule has 1 aromatic carbocycles. The van der Waals surface area contributed by atoms with Crippen LogP contribution in [0, 0.1) is 10.1 Å². The number of amides is 2. The summed E-state index contributed by atoms with van der Waals surface area (Å²) in [5.74, 6) is -0.683. The van der Waals surface area contributed by atoms with Crippen molar-refractivity contribution in [2.45, 2.75) is 18.6 Å². The number of thiazole rings is 1. The fourth-order valence-corrected chi connectivity index (χ4v) is 4.24. The highest BCUT2D eigenvalue weighted by Crippen LogP contribution is 2.32. The van der Waals surface area contributed by atoms with E-state index in [-0.39, 0.29) is 23.7 Å². The van der Waals surface area contributed by atoms with E-state index in [9.17, 15) is 19.7 Å². The number of anilines is 1. The van der Waals surface area contributed by atoms with Crippen molar-refractivity contribution in [3.8, 4) is 0 Å². The number of aliphatic imine (C=N–C) groups is 1. The SMILES string of the molecule is CCN1C(=O)C(CC(=O)Nc2ccccc2[N+](=O)[O-])S/C1=N/c1nccs1. The average molecular weight is 405 g/mol. The Morgan fingerprint density at radius 3 is 2.89 bits per heavy atom. The number of benzene rings is 1. The summed E-state index contributed by atoms with van der Waals surface area (Å²) in [6, 6.07) is 5.87. The Bertz CT molecular complexity index is 900. The van der Waals surface area contributed by atoms with E-state index in [1.165, 1.54) is 46.2 Å². The Hall–Kier alpha value is -2.79. The van der Waals surface area contributed by atoms with Gasteiger partial charge in [-0.25, -0.2) is 4.98 Å². The highest BCUT2D eigenvalue weighted by Gasteiger charge is 2.38. The molecule has 0 radical (unpaired) electrons. The standard InChI is InChI=1S/C16H15N5O4S2/c1-2-20-14(23)12(27-16(20)19-15-17-7-8-26-15)9-13(22)18-10-5-3-4-6-11(10)21(24)25/h3-8,12H,2,9H2,1H3,(H,18,22)/b19-16+. The second-order valence-corrected chi connectivity index (χ2v) is 7.47. The first-order chi connectivity index (χ1) is 13.0. The highest BCUT2D eigenvalue weighted by atomic mass is 32.2. The number of rotatable bonds is 6. The van der Waals surface area contributed by atoms with E-state index in [4.69, 9.17) is 0 Å². The van der Waals surface area contributed by atoms with Crippen molar-refractivity contribution >= 4 is 56.6 Å². The highest BCUT2D eigenvalue weighted by molar-refractivity contribution is 8.15. The lowest BCUT2D eigenvalue weighted by molar-refractivity contribution is -0.383. The zero-order chi connectivity index (χ0) is 19.4. The Balaban J connectivity index is 1.71. The monoisotopic (exact) mass is 405 g/mol. The second kappa shape index (κ2) is 8.27. The number of nitro benzene ring substituents is 1. The van der Waals surface area contributed by atoms with Crippen molar-refractivity contribution < 1.29 is 14.5 Å². The van der Waals surface area contributed by atoms with Crippen LogP contribution < -0.4 is 5.32 Å². The summed E-state index contributed by atoms with van der Waals surface area (Å²) >= 11 is 2.55. The van der Waals surface area contributed by atoms with Crippen LogP contribution in [0.4, 0.5) is 16.5 Å². The van der Waals surface area contributed by atoms with Crippen LogP contribution in [0.25, 0.3) is 0 Å². The van der Waals surface area contributed by atoms with Gasteiger partial charge in [0.1, 0.15) is 10.9 Å². The third kappa shape index (κ3) is 4.31. The Morgan fingerprint density at radius 2 is 2.22 bits per heavy atom. The molecule has 140 valence electrons. The Kier molecular flexibility index (Phi) is 5.81. The average Bonchev–Trinajstić information content (AvgIpc) is 3.24. The van der Waals surface area contributed by atoms with Gasteiger partial charge in [-0.2, -0.15) is 4.99 Å². The molecule has 2 aromatic rings. The summed E-state index contributed by atoms with van der Waals surface area (Å²) in [5.41, 5.74) is -0.0931. The van der Waals surface area contributed by atoms with E-state index in [2.05, 4.69) is 15.3 Å². The number of aromatic nitrogens is 1. The van der Waals surface area contributed by atoms with Gasteiger partial charge in [-0.3, -0.25) is 24.6 Å². The third-order valence-electron chi connectivity index (χ3n) is 3.69. The van der Waals surface area contributed by atoms with Gasteiger partial charge in [-0.1, -0.05) is 23.9 Å². The fourth-order valence-electron chi connectivity index (χ4n) is 2.48. The van der Waals surface area contributed by atoms with Crippen molar-refractivity contribution in [1.82, 2.24) is 9.88 Å². The van der Waals surface area contributed by atoms with Crippen molar-refractivity contribution in [2.75, 3.05) is 11.9 Å². The zero-order valence-corrected chi connectivity index (χ0v) is 15.8. The third-order valence-corrected chi connectivity index (χ3v) is 5.53. The first kappa shape index (κ1) is 19.0. The smallest absolute Gasteiger partial charge is 0.292 e. The number of thioether (sulfide) groups is 1. The maximum Gasteiger partial charge on any atom is 0.292 e. The van der Waals surface area contributed by atoms with Crippen molar-refractivity contribution in [2.24, 2.45) is 4.99 Å². The zero-order valence-electron chi connectivity index (χ0n) is 14.2. The molecule has 9 nitrogen and oxygen atoms in total. The molecule has 1 unspecified atom stereocenters. The predicted molar refractivity (Wildman–Crippen MR) is 104 cm³/mol. The quantitative estimate of drug-likeness (QED) is 0.583. The number of hydrogen-bond donors (Lipinski definition) is 1. The Labute approximate surface area is 162 Å². The number of hydrogen-bond acceptors (Lipinski definition) is 8. The Morgan fingerprint density at radius 1 is 1.44 bits per heavy atom. The molecule has 1 aliphatic rings. The van der Waals surface area contributed by atoms with Crippen LogP contribution >= 0.6 is 23.1 Å². The largest absolute Gasteiger partial charge is 0.320 e. The molecule has 1 N–H and O–H groups in total. The molecule has 0 bridgehead atoms. The van der Waals surface area contributed by atoms with Gasteiger partial charge in [0.25, 0.3) is 5.69 Å². The van der Waals surface area contributed by atoms with Crippen LogP contribution in [0.15, 0.2) is 40.8 Å². The van der Waals surface area contributed by atoms with Crippen LogP contribution in [-0.2, 0) is 9.59 Å². The van der Waals surface area contributed by atoms with E-state index in [0.717, 1.165) is 0 Å². The number of carbonyl (C=O) groups excluding carboxylic acids is 2. The molecule has 1 saturated heterocycles. The normalized spacial score (nSPS) is 18.1. The van der Waals surface area contributed by atoms with E-state index in [1.54, 1.807) is 17.6 Å². The van der Waals surface area contributed by atoms with Gasteiger partial charge in [-0.05, 0) is 13.0 Å². The number of amidine groups is 1. The molecule has 2 heterocycles. The summed E-state index contributed by atoms with van der Waals surface area (Å²) in [5, 5.41) is 15.8. The number of nitrogens with zero attached hydrogens (tertiary/aromatic N) is 4. The molecular weight excluding hydrogens is 390 g/mol. The lowest BCUT2D eigenvalue weighted by Gasteiger charge is -2.12. The molecule has 1 aliphatic heterocycles. The molecule has 2 amide bonds. The molecule has 11 heteroatoms. The summed E-state index contributed by atoms with van der Waals surface area (Å²) in [6.45, 7) is 2.25. The van der Waals surface area contributed by atoms with Crippen LogP contribution in [-0.4, -0.2) is 43.6 Å².